The van der Waals surface area contributed by atoms with Crippen molar-refractivity contribution in [2.75, 3.05) is 0 Å². The second-order valence-electron chi connectivity index (χ2n) is 5.31. The molecule has 0 aromatic heterocycles. The minimum atomic E-state index is -0.286. The van der Waals surface area contributed by atoms with Crippen LogP contribution in [0.15, 0.2) is 0 Å². The van der Waals surface area contributed by atoms with E-state index in [-0.39, 0.29) is 17.2 Å². The van der Waals surface area contributed by atoms with Gasteiger partial charge in [0.05, 0.1) is 5.54 Å². The second-order valence-corrected chi connectivity index (χ2v) is 6.08. The summed E-state index contributed by atoms with van der Waals surface area (Å²) in [7, 11) is 0. The highest BCUT2D eigenvalue weighted by molar-refractivity contribution is 7.80. The highest BCUT2D eigenvalue weighted by atomic mass is 32.1. The van der Waals surface area contributed by atoms with Crippen molar-refractivity contribution in [3.63, 3.8) is 0 Å². The monoisotopic (exact) mass is 258 g/mol. The molecule has 0 radical (unpaired) electrons. The Morgan fingerprint density at radius 1 is 1.06 bits per heavy atom. The Balaban J connectivity index is 2.47. The molecular weight excluding hydrogens is 240 g/mol. The minimum absolute atomic E-state index is 0.155. The Labute approximate surface area is 107 Å². The fourth-order valence-corrected chi connectivity index (χ4v) is 3.27. The molecule has 90 valence electrons. The molecule has 2 fully saturated rings. The first-order valence-electron chi connectivity index (χ1n) is 5.44. The van der Waals surface area contributed by atoms with E-state index in [0.29, 0.717) is 0 Å². The van der Waals surface area contributed by atoms with Crippen molar-refractivity contribution in [2.45, 2.75) is 51.9 Å². The number of thiocarbonyl (C=S) groups is 2. The summed E-state index contributed by atoms with van der Waals surface area (Å²) in [6.07, 6.45) is 0. The molecule has 0 saturated carbocycles. The van der Waals surface area contributed by atoms with Crippen molar-refractivity contribution in [1.29, 1.82) is 0 Å². The summed E-state index contributed by atoms with van der Waals surface area (Å²) in [5.41, 5.74) is -0.441. The van der Waals surface area contributed by atoms with Gasteiger partial charge in [-0.2, -0.15) is 0 Å². The summed E-state index contributed by atoms with van der Waals surface area (Å²) in [5.74, 6) is 0. The lowest BCUT2D eigenvalue weighted by atomic mass is 9.91. The van der Waals surface area contributed by atoms with E-state index in [4.69, 9.17) is 24.4 Å². The van der Waals surface area contributed by atoms with Gasteiger partial charge in [0.25, 0.3) is 0 Å². The first-order chi connectivity index (χ1) is 7.21. The lowest BCUT2D eigenvalue weighted by molar-refractivity contribution is 0.0244. The molecule has 2 aliphatic heterocycles. The summed E-state index contributed by atoms with van der Waals surface area (Å²) >= 11 is 10.8. The number of nitrogens with one attached hydrogen (secondary N) is 2. The maximum Gasteiger partial charge on any atom is 0.191 e. The smallest absolute Gasteiger partial charge is 0.191 e. The van der Waals surface area contributed by atoms with E-state index in [0.717, 1.165) is 10.2 Å². The van der Waals surface area contributed by atoms with Crippen LogP contribution in [0, 0.1) is 0 Å². The van der Waals surface area contributed by atoms with E-state index in [1.165, 1.54) is 0 Å². The molecule has 2 saturated heterocycles. The lowest BCUT2D eigenvalue weighted by Crippen LogP contribution is -2.60. The van der Waals surface area contributed by atoms with Crippen molar-refractivity contribution in [3.8, 4) is 0 Å². The van der Waals surface area contributed by atoms with Crippen LogP contribution in [0.4, 0.5) is 0 Å². The van der Waals surface area contributed by atoms with Gasteiger partial charge in [-0.05, 0) is 59.1 Å². The summed E-state index contributed by atoms with van der Waals surface area (Å²) in [5, 5.41) is 12.3. The van der Waals surface area contributed by atoms with Crippen LogP contribution in [0.3, 0.4) is 0 Å². The molecule has 0 bridgehead atoms. The molecule has 0 aromatic rings. The lowest BCUT2D eigenvalue weighted by Gasteiger charge is -2.38. The topological polar surface area (TPSA) is 30.5 Å². The van der Waals surface area contributed by atoms with Crippen LogP contribution in [-0.2, 0) is 0 Å². The van der Waals surface area contributed by atoms with Crippen molar-refractivity contribution in [3.05, 3.63) is 0 Å². The van der Waals surface area contributed by atoms with Gasteiger partial charge < -0.3 is 10.6 Å². The maximum atomic E-state index is 5.40. The SMILES string of the molecule is CC(C)N1C(=S)NC2(C)N1C(=S)NC2(C)C. The Morgan fingerprint density at radius 2 is 1.62 bits per heavy atom. The number of nitrogens with zero attached hydrogens (tertiary/aromatic N) is 2. The van der Waals surface area contributed by atoms with Crippen molar-refractivity contribution >= 4 is 34.7 Å². The average Bonchev–Trinajstić information content (AvgIpc) is 2.44. The number of rotatable bonds is 1. The van der Waals surface area contributed by atoms with E-state index >= 15 is 0 Å². The van der Waals surface area contributed by atoms with Crippen LogP contribution in [0.25, 0.3) is 0 Å². The second kappa shape index (κ2) is 3.20. The van der Waals surface area contributed by atoms with Gasteiger partial charge in [0, 0.05) is 6.04 Å². The van der Waals surface area contributed by atoms with E-state index in [2.05, 4.69) is 50.3 Å². The molecule has 6 heteroatoms. The van der Waals surface area contributed by atoms with Crippen LogP contribution >= 0.6 is 24.4 Å². The van der Waals surface area contributed by atoms with E-state index in [1.807, 2.05) is 5.01 Å². The molecule has 2 heterocycles. The predicted molar refractivity (Wildman–Crippen MR) is 72.8 cm³/mol. The van der Waals surface area contributed by atoms with Gasteiger partial charge in [0.1, 0.15) is 0 Å². The van der Waals surface area contributed by atoms with E-state index < -0.39 is 0 Å². The molecule has 1 unspecified atom stereocenters. The zero-order valence-electron chi connectivity index (χ0n) is 10.3. The quantitative estimate of drug-likeness (QED) is 0.687. The van der Waals surface area contributed by atoms with Gasteiger partial charge >= 0.3 is 0 Å². The molecule has 2 N–H and O–H groups in total. The highest BCUT2D eigenvalue weighted by Crippen LogP contribution is 2.38. The van der Waals surface area contributed by atoms with Crippen LogP contribution < -0.4 is 10.6 Å². The normalized spacial score (nSPS) is 31.9. The van der Waals surface area contributed by atoms with Gasteiger partial charge in [-0.15, -0.1) is 0 Å². The third-order valence-corrected chi connectivity index (χ3v) is 4.08. The molecular formula is C10H18N4S2. The van der Waals surface area contributed by atoms with Crippen LogP contribution in [0.1, 0.15) is 34.6 Å². The van der Waals surface area contributed by atoms with Crippen LogP contribution in [0.2, 0.25) is 0 Å². The zero-order valence-corrected chi connectivity index (χ0v) is 11.9. The van der Waals surface area contributed by atoms with Gasteiger partial charge in [-0.25, -0.2) is 5.01 Å². The van der Waals surface area contributed by atoms with Gasteiger partial charge in [-0.3, -0.25) is 5.01 Å². The number of fused-ring (bicyclic) bond motifs is 1. The number of hydrogen-bond donors (Lipinski definition) is 2. The van der Waals surface area contributed by atoms with Gasteiger partial charge in [0.15, 0.2) is 15.9 Å². The van der Waals surface area contributed by atoms with Crippen molar-refractivity contribution < 1.29 is 0 Å². The molecule has 0 amide bonds. The number of hydrazine groups is 1. The summed E-state index contributed by atoms with van der Waals surface area (Å²) in [4.78, 5) is 0. The summed E-state index contributed by atoms with van der Waals surface area (Å²) in [6, 6.07) is 0.287. The van der Waals surface area contributed by atoms with E-state index in [9.17, 15) is 0 Å². The fraction of sp³-hybridized carbons (Fsp3) is 0.800. The summed E-state index contributed by atoms with van der Waals surface area (Å²) < 4.78 is 0. The highest BCUT2D eigenvalue weighted by Gasteiger charge is 2.60. The molecule has 0 spiro atoms. The minimum Gasteiger partial charge on any atom is -0.352 e. The summed E-state index contributed by atoms with van der Waals surface area (Å²) in [6.45, 7) is 10.6. The molecule has 1 atom stereocenters. The Bertz CT molecular complexity index is 366. The third-order valence-electron chi connectivity index (χ3n) is 3.52. The molecule has 4 nitrogen and oxygen atoms in total. The van der Waals surface area contributed by atoms with Crippen LogP contribution in [-0.4, -0.2) is 37.5 Å². The van der Waals surface area contributed by atoms with Gasteiger partial charge in [0.2, 0.25) is 0 Å². The fourth-order valence-electron chi connectivity index (χ4n) is 2.25. The van der Waals surface area contributed by atoms with E-state index in [1.54, 1.807) is 0 Å². The third kappa shape index (κ3) is 1.26. The maximum absolute atomic E-state index is 5.40. The molecule has 2 aliphatic rings. The Kier molecular flexibility index (Phi) is 2.37. The van der Waals surface area contributed by atoms with Crippen molar-refractivity contribution in [1.82, 2.24) is 20.7 Å². The van der Waals surface area contributed by atoms with Gasteiger partial charge in [-0.1, -0.05) is 0 Å². The first-order valence-corrected chi connectivity index (χ1v) is 6.26. The molecule has 16 heavy (non-hydrogen) atoms. The molecule has 0 aromatic carbocycles. The molecule has 0 aliphatic carbocycles. The molecule has 2 rings (SSSR count). The number of hydrogen-bond acceptors (Lipinski definition) is 2. The standard InChI is InChI=1S/C10H18N4S2/c1-6(2)13-7(15)12-10(5)9(3,4)11-8(16)14(10)13/h6H,1-5H3,(H,11,16)(H,12,15). The first kappa shape index (κ1) is 11.9. The Morgan fingerprint density at radius 3 is 2.12 bits per heavy atom. The largest absolute Gasteiger partial charge is 0.352 e. The predicted octanol–water partition coefficient (Wildman–Crippen LogP) is 1.18. The van der Waals surface area contributed by atoms with Crippen LogP contribution in [0.5, 0.6) is 0 Å². The van der Waals surface area contributed by atoms with Crippen molar-refractivity contribution in [2.24, 2.45) is 0 Å². The zero-order chi connectivity index (χ0) is 12.3. The average molecular weight is 258 g/mol. The Hall–Kier alpha value is -0.620.